The Balaban J connectivity index is 1.90. The summed E-state index contributed by atoms with van der Waals surface area (Å²) in [5.41, 5.74) is 3.42. The first-order valence-corrected chi connectivity index (χ1v) is 9.18. The second kappa shape index (κ2) is 6.20. The second-order valence-corrected chi connectivity index (χ2v) is 8.14. The highest BCUT2D eigenvalue weighted by Gasteiger charge is 2.55. The SMILES string of the molecule is CN1C(=O)C2(CC(C)(C)Oc3ccc(-c4ccc(F)c(C(F)(F)F)c4)cc32)N=C1N. The highest BCUT2D eigenvalue weighted by atomic mass is 19.4. The Morgan fingerprint density at radius 2 is 1.77 bits per heavy atom. The minimum absolute atomic E-state index is 0.0511. The van der Waals surface area contributed by atoms with E-state index in [1.165, 1.54) is 18.0 Å². The molecular weight excluding hydrogens is 402 g/mol. The van der Waals surface area contributed by atoms with Crippen LogP contribution in [0, 0.1) is 5.82 Å². The molecular formula is C21H19F4N3O2. The van der Waals surface area contributed by atoms with Crippen molar-refractivity contribution in [1.82, 2.24) is 4.90 Å². The number of alkyl halides is 3. The lowest BCUT2D eigenvalue weighted by molar-refractivity contribution is -0.140. The Bertz CT molecular complexity index is 1090. The number of rotatable bonds is 1. The number of carbonyl (C=O) groups excluding carboxylic acids is 1. The highest BCUT2D eigenvalue weighted by molar-refractivity contribution is 6.07. The van der Waals surface area contributed by atoms with Crippen LogP contribution < -0.4 is 10.5 Å². The molecule has 0 bridgehead atoms. The Labute approximate surface area is 170 Å². The van der Waals surface area contributed by atoms with Crippen molar-refractivity contribution in [2.75, 3.05) is 7.05 Å². The van der Waals surface area contributed by atoms with Crippen LogP contribution in [0.2, 0.25) is 0 Å². The number of amides is 1. The molecule has 5 nitrogen and oxygen atoms in total. The molecule has 0 saturated heterocycles. The molecule has 0 aromatic heterocycles. The zero-order chi connectivity index (χ0) is 22.1. The van der Waals surface area contributed by atoms with E-state index in [0.717, 1.165) is 12.1 Å². The lowest BCUT2D eigenvalue weighted by Crippen LogP contribution is -2.49. The fourth-order valence-electron chi connectivity index (χ4n) is 4.08. The number of hydrogen-bond donors (Lipinski definition) is 1. The quantitative estimate of drug-likeness (QED) is 0.707. The number of guanidine groups is 1. The minimum atomic E-state index is -4.83. The fourth-order valence-corrected chi connectivity index (χ4v) is 4.08. The maximum Gasteiger partial charge on any atom is 0.419 e. The fraction of sp³-hybridized carbons (Fsp3) is 0.333. The van der Waals surface area contributed by atoms with Crippen molar-refractivity contribution in [3.8, 4) is 16.9 Å². The predicted molar refractivity (Wildman–Crippen MR) is 102 cm³/mol. The van der Waals surface area contributed by atoms with Gasteiger partial charge in [0.2, 0.25) is 0 Å². The number of fused-ring (bicyclic) bond motifs is 2. The van der Waals surface area contributed by atoms with Gasteiger partial charge in [-0.25, -0.2) is 9.38 Å². The smallest absolute Gasteiger partial charge is 0.419 e. The summed E-state index contributed by atoms with van der Waals surface area (Å²) in [6, 6.07) is 7.49. The number of nitrogens with two attached hydrogens (primary N) is 1. The summed E-state index contributed by atoms with van der Waals surface area (Å²) in [6.07, 6.45) is -4.62. The van der Waals surface area contributed by atoms with Gasteiger partial charge in [0.15, 0.2) is 11.5 Å². The molecule has 2 heterocycles. The summed E-state index contributed by atoms with van der Waals surface area (Å²) in [5, 5.41) is 0. The molecule has 30 heavy (non-hydrogen) atoms. The van der Waals surface area contributed by atoms with Gasteiger partial charge in [-0.3, -0.25) is 9.69 Å². The van der Waals surface area contributed by atoms with E-state index in [1.54, 1.807) is 18.2 Å². The van der Waals surface area contributed by atoms with E-state index < -0.39 is 28.7 Å². The standard InChI is InChI=1S/C21H19F4N3O2/c1-19(2)10-20(17(29)28(3)18(26)27-20)14-9-12(5-7-16(14)30-19)11-4-6-15(22)13(8-11)21(23,24)25/h4-9H,10H2,1-3H3,(H2,26,27). The summed E-state index contributed by atoms with van der Waals surface area (Å²) in [7, 11) is 1.51. The molecule has 0 saturated carbocycles. The minimum Gasteiger partial charge on any atom is -0.487 e. The average molecular weight is 421 g/mol. The van der Waals surface area contributed by atoms with Gasteiger partial charge in [-0.05, 0) is 49.2 Å². The first kappa shape index (κ1) is 20.2. The number of carbonyl (C=O) groups is 1. The first-order valence-electron chi connectivity index (χ1n) is 9.18. The van der Waals surface area contributed by atoms with E-state index in [0.29, 0.717) is 16.9 Å². The van der Waals surface area contributed by atoms with Crippen LogP contribution in [0.3, 0.4) is 0 Å². The topological polar surface area (TPSA) is 67.9 Å². The molecule has 4 rings (SSSR count). The first-order chi connectivity index (χ1) is 13.8. The molecule has 2 aromatic carbocycles. The van der Waals surface area contributed by atoms with Crippen molar-refractivity contribution in [3.63, 3.8) is 0 Å². The Morgan fingerprint density at radius 3 is 2.37 bits per heavy atom. The molecule has 9 heteroatoms. The predicted octanol–water partition coefficient (Wildman–Crippen LogP) is 4.05. The molecule has 0 fully saturated rings. The normalized spacial score (nSPS) is 22.7. The maximum atomic E-state index is 13.7. The molecule has 2 aromatic rings. The molecule has 2 aliphatic heterocycles. The Kier molecular flexibility index (Phi) is 4.17. The van der Waals surface area contributed by atoms with Gasteiger partial charge in [0.25, 0.3) is 5.91 Å². The third-order valence-corrected chi connectivity index (χ3v) is 5.41. The van der Waals surface area contributed by atoms with Crippen LogP contribution in [-0.4, -0.2) is 29.4 Å². The zero-order valence-electron chi connectivity index (χ0n) is 16.5. The third-order valence-electron chi connectivity index (χ3n) is 5.41. The summed E-state index contributed by atoms with van der Waals surface area (Å²) in [5.74, 6) is -1.25. The third kappa shape index (κ3) is 3.00. The van der Waals surface area contributed by atoms with Crippen LogP contribution in [-0.2, 0) is 16.5 Å². The molecule has 0 radical (unpaired) electrons. The van der Waals surface area contributed by atoms with Crippen LogP contribution in [0.5, 0.6) is 5.75 Å². The van der Waals surface area contributed by atoms with E-state index in [-0.39, 0.29) is 23.9 Å². The molecule has 1 spiro atoms. The molecule has 0 aliphatic carbocycles. The van der Waals surface area contributed by atoms with Crippen molar-refractivity contribution in [1.29, 1.82) is 0 Å². The number of likely N-dealkylation sites (N-methyl/N-ethyl adjacent to an activating group) is 1. The number of aliphatic imine (C=N–C) groups is 1. The van der Waals surface area contributed by atoms with E-state index in [2.05, 4.69) is 4.99 Å². The number of hydrogen-bond acceptors (Lipinski definition) is 4. The van der Waals surface area contributed by atoms with E-state index in [1.807, 2.05) is 13.8 Å². The van der Waals surface area contributed by atoms with Crippen LogP contribution in [0.15, 0.2) is 41.4 Å². The molecule has 2 aliphatic rings. The van der Waals surface area contributed by atoms with Gasteiger partial charge in [-0.2, -0.15) is 13.2 Å². The van der Waals surface area contributed by atoms with Crippen molar-refractivity contribution < 1.29 is 27.1 Å². The van der Waals surface area contributed by atoms with Crippen LogP contribution in [0.4, 0.5) is 17.6 Å². The summed E-state index contributed by atoms with van der Waals surface area (Å²) < 4.78 is 59.1. The summed E-state index contributed by atoms with van der Waals surface area (Å²) >= 11 is 0. The second-order valence-electron chi connectivity index (χ2n) is 8.14. The van der Waals surface area contributed by atoms with Gasteiger partial charge in [0.05, 0.1) is 5.56 Å². The van der Waals surface area contributed by atoms with Gasteiger partial charge in [-0.15, -0.1) is 0 Å². The molecule has 1 atom stereocenters. The van der Waals surface area contributed by atoms with Crippen molar-refractivity contribution in [3.05, 3.63) is 53.3 Å². The Hall–Kier alpha value is -3.10. The van der Waals surface area contributed by atoms with Crippen LogP contribution in [0.25, 0.3) is 11.1 Å². The molecule has 2 N–H and O–H groups in total. The van der Waals surface area contributed by atoms with E-state index in [4.69, 9.17) is 10.5 Å². The van der Waals surface area contributed by atoms with Crippen molar-refractivity contribution >= 4 is 11.9 Å². The van der Waals surface area contributed by atoms with E-state index in [9.17, 15) is 22.4 Å². The summed E-state index contributed by atoms with van der Waals surface area (Å²) in [6.45, 7) is 3.64. The van der Waals surface area contributed by atoms with Crippen LogP contribution >= 0.6 is 0 Å². The highest BCUT2D eigenvalue weighted by Crippen LogP contribution is 2.50. The van der Waals surface area contributed by atoms with Crippen molar-refractivity contribution in [2.24, 2.45) is 10.7 Å². The zero-order valence-corrected chi connectivity index (χ0v) is 16.5. The van der Waals surface area contributed by atoms with Crippen LogP contribution in [0.1, 0.15) is 31.4 Å². The summed E-state index contributed by atoms with van der Waals surface area (Å²) in [4.78, 5) is 18.8. The number of ether oxygens (including phenoxy) is 1. The number of nitrogens with zero attached hydrogens (tertiary/aromatic N) is 2. The number of halogens is 4. The van der Waals surface area contributed by atoms with Crippen molar-refractivity contribution in [2.45, 2.75) is 37.6 Å². The molecule has 1 unspecified atom stereocenters. The lowest BCUT2D eigenvalue weighted by Gasteiger charge is -2.41. The largest absolute Gasteiger partial charge is 0.487 e. The molecule has 158 valence electrons. The van der Waals surface area contributed by atoms with Gasteiger partial charge < -0.3 is 10.5 Å². The monoisotopic (exact) mass is 421 g/mol. The molecule has 1 amide bonds. The average Bonchev–Trinajstić information content (AvgIpc) is 2.84. The van der Waals surface area contributed by atoms with Gasteiger partial charge >= 0.3 is 6.18 Å². The number of benzene rings is 2. The lowest BCUT2D eigenvalue weighted by atomic mass is 9.77. The van der Waals surface area contributed by atoms with Gasteiger partial charge in [0.1, 0.15) is 17.2 Å². The van der Waals surface area contributed by atoms with E-state index >= 15 is 0 Å². The van der Waals surface area contributed by atoms with Gasteiger partial charge in [-0.1, -0.05) is 12.1 Å². The Morgan fingerprint density at radius 1 is 1.13 bits per heavy atom. The van der Waals surface area contributed by atoms with Gasteiger partial charge in [0, 0.05) is 19.0 Å². The maximum absolute atomic E-state index is 13.7.